The number of aromatic nitrogens is 2. The van der Waals surface area contributed by atoms with Crippen molar-refractivity contribution in [3.63, 3.8) is 0 Å². The number of rotatable bonds is 3. The Kier molecular flexibility index (Phi) is 4.44. The predicted octanol–water partition coefficient (Wildman–Crippen LogP) is 3.57. The number of benzene rings is 2. The molecule has 0 aliphatic rings. The fourth-order valence-electron chi connectivity index (χ4n) is 2.39. The van der Waals surface area contributed by atoms with Crippen LogP contribution in [-0.4, -0.2) is 15.7 Å². The second-order valence-electron chi connectivity index (χ2n) is 5.09. The number of nitrogens with zero attached hydrogens (tertiary/aromatic N) is 2. The van der Waals surface area contributed by atoms with Gasteiger partial charge >= 0.3 is 0 Å². The highest BCUT2D eigenvalue weighted by atomic mass is 79.9. The van der Waals surface area contributed by atoms with Gasteiger partial charge in [-0.1, -0.05) is 34.1 Å². The van der Waals surface area contributed by atoms with Crippen LogP contribution in [0.2, 0.25) is 0 Å². The minimum atomic E-state index is -0.574. The van der Waals surface area contributed by atoms with E-state index in [9.17, 15) is 14.0 Å². The normalized spacial score (nSPS) is 10.8. The van der Waals surface area contributed by atoms with E-state index in [4.69, 9.17) is 0 Å². The molecule has 0 aliphatic heterocycles. The van der Waals surface area contributed by atoms with Gasteiger partial charge in [0.2, 0.25) is 0 Å². The summed E-state index contributed by atoms with van der Waals surface area (Å²) < 4.78 is 15.7. The number of nitrogens with one attached hydrogen (secondary N) is 1. The average Bonchev–Trinajstić information content (AvgIpc) is 2.58. The molecule has 0 aliphatic carbocycles. The van der Waals surface area contributed by atoms with Crippen molar-refractivity contribution in [1.29, 1.82) is 0 Å². The molecule has 1 N–H and O–H groups in total. The molecule has 0 spiro atoms. The van der Waals surface area contributed by atoms with Crippen LogP contribution >= 0.6 is 15.9 Å². The number of amides is 1. The number of anilines is 1. The first-order valence-corrected chi connectivity index (χ1v) is 8.07. The van der Waals surface area contributed by atoms with Crippen LogP contribution in [0, 0.1) is 5.82 Å². The lowest BCUT2D eigenvalue weighted by molar-refractivity contribution is 0.102. The molecule has 1 heterocycles. The van der Waals surface area contributed by atoms with Crippen LogP contribution in [0.1, 0.15) is 17.4 Å². The summed E-state index contributed by atoms with van der Waals surface area (Å²) in [6, 6.07) is 11.1. The molecular formula is C17H13BrFN3O2. The van der Waals surface area contributed by atoms with Gasteiger partial charge in [-0.3, -0.25) is 9.59 Å². The Labute approximate surface area is 145 Å². The predicted molar refractivity (Wildman–Crippen MR) is 93.7 cm³/mol. The second kappa shape index (κ2) is 6.52. The molecule has 0 saturated heterocycles. The van der Waals surface area contributed by atoms with Gasteiger partial charge < -0.3 is 5.32 Å². The van der Waals surface area contributed by atoms with Crippen molar-refractivity contribution in [1.82, 2.24) is 9.78 Å². The van der Waals surface area contributed by atoms with E-state index in [2.05, 4.69) is 26.3 Å². The van der Waals surface area contributed by atoms with Crippen molar-refractivity contribution >= 4 is 38.3 Å². The fourth-order valence-corrected chi connectivity index (χ4v) is 2.72. The van der Waals surface area contributed by atoms with Crippen molar-refractivity contribution in [3.05, 3.63) is 68.8 Å². The van der Waals surface area contributed by atoms with E-state index in [1.165, 1.54) is 16.8 Å². The SMILES string of the molecule is CCn1nc(C(=O)Nc2ccc(Br)cc2F)c2ccccc2c1=O. The molecule has 24 heavy (non-hydrogen) atoms. The summed E-state index contributed by atoms with van der Waals surface area (Å²) in [5.41, 5.74) is -0.142. The van der Waals surface area contributed by atoms with E-state index < -0.39 is 11.7 Å². The molecule has 1 amide bonds. The molecule has 2 aromatic carbocycles. The lowest BCUT2D eigenvalue weighted by atomic mass is 10.1. The van der Waals surface area contributed by atoms with Crippen molar-refractivity contribution in [2.45, 2.75) is 13.5 Å². The summed E-state index contributed by atoms with van der Waals surface area (Å²) in [5.74, 6) is -1.14. The summed E-state index contributed by atoms with van der Waals surface area (Å²) in [6.07, 6.45) is 0. The third kappa shape index (κ3) is 2.94. The highest BCUT2D eigenvalue weighted by molar-refractivity contribution is 9.10. The second-order valence-corrected chi connectivity index (χ2v) is 6.01. The third-order valence-electron chi connectivity index (χ3n) is 3.56. The number of aryl methyl sites for hydroxylation is 1. The summed E-state index contributed by atoms with van der Waals surface area (Å²) in [5, 5.41) is 7.46. The van der Waals surface area contributed by atoms with Crippen LogP contribution in [0.25, 0.3) is 10.8 Å². The zero-order valence-corrected chi connectivity index (χ0v) is 14.3. The maximum Gasteiger partial charge on any atom is 0.276 e. The Balaban J connectivity index is 2.10. The van der Waals surface area contributed by atoms with Crippen LogP contribution in [0.4, 0.5) is 10.1 Å². The van der Waals surface area contributed by atoms with E-state index >= 15 is 0 Å². The molecule has 0 unspecified atom stereocenters. The van der Waals surface area contributed by atoms with Gasteiger partial charge in [0, 0.05) is 16.4 Å². The molecule has 0 fully saturated rings. The summed E-state index contributed by atoms with van der Waals surface area (Å²) in [4.78, 5) is 24.9. The van der Waals surface area contributed by atoms with E-state index in [-0.39, 0.29) is 16.9 Å². The number of hydrogen-bond acceptors (Lipinski definition) is 3. The van der Waals surface area contributed by atoms with Gasteiger partial charge in [-0.25, -0.2) is 9.07 Å². The van der Waals surface area contributed by atoms with Crippen LogP contribution < -0.4 is 10.9 Å². The van der Waals surface area contributed by atoms with Crippen molar-refractivity contribution < 1.29 is 9.18 Å². The highest BCUT2D eigenvalue weighted by Gasteiger charge is 2.17. The molecule has 0 saturated carbocycles. The van der Waals surface area contributed by atoms with E-state index in [1.54, 1.807) is 37.3 Å². The van der Waals surface area contributed by atoms with Gasteiger partial charge in [-0.2, -0.15) is 5.10 Å². The number of carbonyl (C=O) groups is 1. The van der Waals surface area contributed by atoms with Gasteiger partial charge in [0.25, 0.3) is 11.5 Å². The monoisotopic (exact) mass is 389 g/mol. The molecule has 0 bridgehead atoms. The molecule has 1 aromatic heterocycles. The van der Waals surface area contributed by atoms with E-state index in [1.807, 2.05) is 0 Å². The molecule has 0 radical (unpaired) electrons. The standard InChI is InChI=1S/C17H13BrFN3O2/c1-2-22-17(24)12-6-4-3-5-11(12)15(21-22)16(23)20-14-8-7-10(18)9-13(14)19/h3-9H,2H2,1H3,(H,20,23). The van der Waals surface area contributed by atoms with Gasteiger partial charge in [0.15, 0.2) is 5.69 Å². The first-order valence-electron chi connectivity index (χ1n) is 7.27. The summed E-state index contributed by atoms with van der Waals surface area (Å²) in [6.45, 7) is 2.09. The molecule has 3 aromatic rings. The Bertz CT molecular complexity index is 1000. The maximum atomic E-state index is 13.9. The maximum absolute atomic E-state index is 13.9. The zero-order chi connectivity index (χ0) is 17.3. The van der Waals surface area contributed by atoms with Crippen LogP contribution in [-0.2, 0) is 6.54 Å². The van der Waals surface area contributed by atoms with Gasteiger partial charge in [0.05, 0.1) is 11.1 Å². The average molecular weight is 390 g/mol. The highest BCUT2D eigenvalue weighted by Crippen LogP contribution is 2.21. The number of fused-ring (bicyclic) bond motifs is 1. The Morgan fingerprint density at radius 1 is 1.25 bits per heavy atom. The first kappa shape index (κ1) is 16.3. The van der Waals surface area contributed by atoms with E-state index in [0.29, 0.717) is 21.8 Å². The topological polar surface area (TPSA) is 64.0 Å². The molecule has 3 rings (SSSR count). The molecule has 122 valence electrons. The lowest BCUT2D eigenvalue weighted by Crippen LogP contribution is -2.27. The molecular weight excluding hydrogens is 377 g/mol. The lowest BCUT2D eigenvalue weighted by Gasteiger charge is -2.10. The number of halogens is 2. The fraction of sp³-hybridized carbons (Fsp3) is 0.118. The molecule has 0 atom stereocenters. The smallest absolute Gasteiger partial charge is 0.276 e. The minimum Gasteiger partial charge on any atom is -0.318 e. The quantitative estimate of drug-likeness (QED) is 0.744. The Morgan fingerprint density at radius 2 is 1.96 bits per heavy atom. The van der Waals surface area contributed by atoms with Crippen LogP contribution in [0.15, 0.2) is 51.7 Å². The molecule has 7 heteroatoms. The minimum absolute atomic E-state index is 0.0447. The number of carbonyl (C=O) groups excluding carboxylic acids is 1. The van der Waals surface area contributed by atoms with Gasteiger partial charge in [-0.05, 0) is 31.2 Å². The first-order chi connectivity index (χ1) is 11.5. The van der Waals surface area contributed by atoms with Crippen molar-refractivity contribution in [2.75, 3.05) is 5.32 Å². The van der Waals surface area contributed by atoms with Gasteiger partial charge in [0.1, 0.15) is 5.82 Å². The summed E-state index contributed by atoms with van der Waals surface area (Å²) in [7, 11) is 0. The largest absolute Gasteiger partial charge is 0.318 e. The van der Waals surface area contributed by atoms with Crippen molar-refractivity contribution in [3.8, 4) is 0 Å². The Morgan fingerprint density at radius 3 is 2.62 bits per heavy atom. The Hall–Kier alpha value is -2.54. The molecule has 5 nitrogen and oxygen atoms in total. The third-order valence-corrected chi connectivity index (χ3v) is 4.05. The van der Waals surface area contributed by atoms with E-state index in [0.717, 1.165) is 0 Å². The van der Waals surface area contributed by atoms with Crippen LogP contribution in [0.5, 0.6) is 0 Å². The summed E-state index contributed by atoms with van der Waals surface area (Å²) >= 11 is 3.16. The number of hydrogen-bond donors (Lipinski definition) is 1. The van der Waals surface area contributed by atoms with Crippen LogP contribution in [0.3, 0.4) is 0 Å². The van der Waals surface area contributed by atoms with Gasteiger partial charge in [-0.15, -0.1) is 0 Å². The van der Waals surface area contributed by atoms with Crippen molar-refractivity contribution in [2.24, 2.45) is 0 Å². The zero-order valence-electron chi connectivity index (χ0n) is 12.7.